The maximum absolute atomic E-state index is 8.73. The standard InChI is InChI=1S/C14H10N4O/c15-8-9-1-4-11(5-2-9)17-14-18-12-6-3-10(16)7-13(12)19-14/h1-7H,16H2,(H,17,18). The average molecular weight is 250 g/mol. The molecule has 0 aliphatic carbocycles. The number of nitrogen functional groups attached to an aromatic ring is 1. The van der Waals surface area contributed by atoms with Gasteiger partial charge in [0.25, 0.3) is 6.01 Å². The number of hydrogen-bond acceptors (Lipinski definition) is 5. The number of nitrogens with zero attached hydrogens (tertiary/aromatic N) is 2. The molecule has 0 spiro atoms. The minimum Gasteiger partial charge on any atom is -0.423 e. The monoisotopic (exact) mass is 250 g/mol. The number of benzene rings is 2. The van der Waals surface area contributed by atoms with Gasteiger partial charge in [0, 0.05) is 17.4 Å². The lowest BCUT2D eigenvalue weighted by molar-refractivity contribution is 0.623. The molecule has 3 rings (SSSR count). The van der Waals surface area contributed by atoms with Crippen molar-refractivity contribution in [2.75, 3.05) is 11.1 Å². The molecule has 0 atom stereocenters. The van der Waals surface area contributed by atoms with Crippen LogP contribution in [0.1, 0.15) is 5.56 Å². The zero-order valence-electron chi connectivity index (χ0n) is 9.92. The van der Waals surface area contributed by atoms with Crippen molar-refractivity contribution >= 4 is 28.5 Å². The number of nitriles is 1. The minimum absolute atomic E-state index is 0.394. The predicted molar refractivity (Wildman–Crippen MR) is 72.9 cm³/mol. The van der Waals surface area contributed by atoms with Crippen molar-refractivity contribution in [3.8, 4) is 6.07 Å². The first-order valence-corrected chi connectivity index (χ1v) is 5.68. The van der Waals surface area contributed by atoms with Gasteiger partial charge < -0.3 is 15.5 Å². The number of nitrogens with two attached hydrogens (primary N) is 1. The second kappa shape index (κ2) is 4.35. The second-order valence-corrected chi connectivity index (χ2v) is 4.06. The van der Waals surface area contributed by atoms with Gasteiger partial charge in [-0.25, -0.2) is 0 Å². The van der Waals surface area contributed by atoms with E-state index < -0.39 is 0 Å². The molecule has 3 aromatic rings. The third kappa shape index (κ3) is 2.19. The summed E-state index contributed by atoms with van der Waals surface area (Å²) in [5, 5.41) is 11.8. The highest BCUT2D eigenvalue weighted by Gasteiger charge is 2.06. The van der Waals surface area contributed by atoms with Crippen LogP contribution in [-0.2, 0) is 0 Å². The predicted octanol–water partition coefficient (Wildman–Crippen LogP) is 3.03. The smallest absolute Gasteiger partial charge is 0.300 e. The number of anilines is 3. The molecule has 1 aromatic heterocycles. The van der Waals surface area contributed by atoms with E-state index in [0.29, 0.717) is 22.8 Å². The van der Waals surface area contributed by atoms with Crippen LogP contribution >= 0.6 is 0 Å². The van der Waals surface area contributed by atoms with Crippen molar-refractivity contribution < 1.29 is 4.42 Å². The number of rotatable bonds is 2. The molecule has 0 aliphatic heterocycles. The van der Waals surface area contributed by atoms with Gasteiger partial charge in [0.1, 0.15) is 5.52 Å². The molecule has 0 aliphatic rings. The molecule has 0 saturated carbocycles. The van der Waals surface area contributed by atoms with Gasteiger partial charge in [0.15, 0.2) is 5.58 Å². The van der Waals surface area contributed by atoms with Crippen molar-refractivity contribution in [1.82, 2.24) is 4.98 Å². The van der Waals surface area contributed by atoms with Gasteiger partial charge in [-0.3, -0.25) is 0 Å². The number of aromatic nitrogens is 1. The summed E-state index contributed by atoms with van der Waals surface area (Å²) in [5.41, 5.74) is 9.10. The Morgan fingerprint density at radius 2 is 1.95 bits per heavy atom. The van der Waals surface area contributed by atoms with Crippen molar-refractivity contribution in [3.05, 3.63) is 48.0 Å². The van der Waals surface area contributed by atoms with E-state index in [1.54, 1.807) is 42.5 Å². The lowest BCUT2D eigenvalue weighted by atomic mass is 10.2. The first-order chi connectivity index (χ1) is 9.24. The van der Waals surface area contributed by atoms with Crippen LogP contribution in [0.5, 0.6) is 0 Å². The topological polar surface area (TPSA) is 87.9 Å². The summed E-state index contributed by atoms with van der Waals surface area (Å²) in [7, 11) is 0. The van der Waals surface area contributed by atoms with Crippen LogP contribution < -0.4 is 11.1 Å². The molecular formula is C14H10N4O. The van der Waals surface area contributed by atoms with Crippen molar-refractivity contribution in [1.29, 1.82) is 5.26 Å². The second-order valence-electron chi connectivity index (χ2n) is 4.06. The first kappa shape index (κ1) is 11.1. The van der Waals surface area contributed by atoms with Crippen LogP contribution in [0.25, 0.3) is 11.1 Å². The molecule has 5 heteroatoms. The molecule has 3 N–H and O–H groups in total. The maximum Gasteiger partial charge on any atom is 0.300 e. The molecule has 19 heavy (non-hydrogen) atoms. The number of hydrogen-bond donors (Lipinski definition) is 2. The van der Waals surface area contributed by atoms with E-state index in [2.05, 4.69) is 16.4 Å². The fraction of sp³-hybridized carbons (Fsp3) is 0. The van der Waals surface area contributed by atoms with E-state index in [0.717, 1.165) is 11.2 Å². The lowest BCUT2D eigenvalue weighted by Gasteiger charge is -2.00. The normalized spacial score (nSPS) is 10.3. The van der Waals surface area contributed by atoms with Gasteiger partial charge in [-0.15, -0.1) is 0 Å². The maximum atomic E-state index is 8.73. The van der Waals surface area contributed by atoms with Crippen LogP contribution in [0.3, 0.4) is 0 Å². The highest BCUT2D eigenvalue weighted by Crippen LogP contribution is 2.23. The Morgan fingerprint density at radius 1 is 1.16 bits per heavy atom. The highest BCUT2D eigenvalue weighted by molar-refractivity contribution is 5.78. The van der Waals surface area contributed by atoms with Crippen LogP contribution in [0.4, 0.5) is 17.4 Å². The molecule has 0 unspecified atom stereocenters. The summed E-state index contributed by atoms with van der Waals surface area (Å²) < 4.78 is 5.54. The minimum atomic E-state index is 0.394. The summed E-state index contributed by atoms with van der Waals surface area (Å²) in [6.07, 6.45) is 0. The van der Waals surface area contributed by atoms with Gasteiger partial charge in [0.2, 0.25) is 0 Å². The van der Waals surface area contributed by atoms with Crippen LogP contribution in [0.15, 0.2) is 46.9 Å². The van der Waals surface area contributed by atoms with Gasteiger partial charge >= 0.3 is 0 Å². The van der Waals surface area contributed by atoms with E-state index in [1.807, 2.05) is 0 Å². The van der Waals surface area contributed by atoms with E-state index in [4.69, 9.17) is 15.4 Å². The third-order valence-electron chi connectivity index (χ3n) is 2.68. The van der Waals surface area contributed by atoms with Crippen molar-refractivity contribution in [2.45, 2.75) is 0 Å². The summed E-state index contributed by atoms with van der Waals surface area (Å²) in [6.45, 7) is 0. The SMILES string of the molecule is N#Cc1ccc(Nc2nc3ccc(N)cc3o2)cc1. The first-order valence-electron chi connectivity index (χ1n) is 5.68. The number of nitrogens with one attached hydrogen (secondary N) is 1. The lowest BCUT2D eigenvalue weighted by Crippen LogP contribution is -1.89. The number of oxazole rings is 1. The van der Waals surface area contributed by atoms with Crippen LogP contribution in [-0.4, -0.2) is 4.98 Å². The van der Waals surface area contributed by atoms with E-state index in [1.165, 1.54) is 0 Å². The molecule has 2 aromatic carbocycles. The fourth-order valence-corrected chi connectivity index (χ4v) is 1.75. The van der Waals surface area contributed by atoms with E-state index in [-0.39, 0.29) is 0 Å². The molecule has 0 bridgehead atoms. The summed E-state index contributed by atoms with van der Waals surface area (Å²) in [6, 6.07) is 14.8. The van der Waals surface area contributed by atoms with Crippen molar-refractivity contribution in [2.24, 2.45) is 0 Å². The Morgan fingerprint density at radius 3 is 2.68 bits per heavy atom. The van der Waals surface area contributed by atoms with E-state index in [9.17, 15) is 0 Å². The molecule has 0 radical (unpaired) electrons. The highest BCUT2D eigenvalue weighted by atomic mass is 16.4. The third-order valence-corrected chi connectivity index (χ3v) is 2.68. The summed E-state index contributed by atoms with van der Waals surface area (Å²) in [4.78, 5) is 4.29. The molecule has 0 saturated heterocycles. The Bertz CT molecular complexity index is 768. The molecule has 1 heterocycles. The fourth-order valence-electron chi connectivity index (χ4n) is 1.75. The Balaban J connectivity index is 1.90. The Labute approximate surface area is 109 Å². The molecular weight excluding hydrogens is 240 g/mol. The Kier molecular flexibility index (Phi) is 2.54. The zero-order chi connectivity index (χ0) is 13.2. The van der Waals surface area contributed by atoms with Gasteiger partial charge in [0.05, 0.1) is 11.6 Å². The van der Waals surface area contributed by atoms with Gasteiger partial charge in [-0.2, -0.15) is 10.2 Å². The molecule has 5 nitrogen and oxygen atoms in total. The average Bonchev–Trinajstić information content (AvgIpc) is 2.81. The van der Waals surface area contributed by atoms with Gasteiger partial charge in [-0.1, -0.05) is 0 Å². The van der Waals surface area contributed by atoms with E-state index >= 15 is 0 Å². The quantitative estimate of drug-likeness (QED) is 0.682. The zero-order valence-corrected chi connectivity index (χ0v) is 9.92. The Hall–Kier alpha value is -3.00. The largest absolute Gasteiger partial charge is 0.423 e. The molecule has 0 fully saturated rings. The van der Waals surface area contributed by atoms with Crippen LogP contribution in [0.2, 0.25) is 0 Å². The number of fused-ring (bicyclic) bond motifs is 1. The molecule has 92 valence electrons. The summed E-state index contributed by atoms with van der Waals surface area (Å²) in [5.74, 6) is 0. The van der Waals surface area contributed by atoms with Gasteiger partial charge in [-0.05, 0) is 36.4 Å². The molecule has 0 amide bonds. The van der Waals surface area contributed by atoms with Crippen LogP contribution in [0, 0.1) is 11.3 Å². The summed E-state index contributed by atoms with van der Waals surface area (Å²) >= 11 is 0. The van der Waals surface area contributed by atoms with Crippen molar-refractivity contribution in [3.63, 3.8) is 0 Å².